The average molecular weight is 493 g/mol. The molecule has 0 unspecified atom stereocenters. The van der Waals surface area contributed by atoms with Crippen molar-refractivity contribution in [1.29, 1.82) is 0 Å². The molecule has 0 spiro atoms. The number of anilines is 2. The number of carbonyl (C=O) groups excluding carboxylic acids is 1. The number of aromatic nitrogens is 3. The predicted molar refractivity (Wildman–Crippen MR) is 144 cm³/mol. The number of fused-ring (bicyclic) bond motifs is 1. The summed E-state index contributed by atoms with van der Waals surface area (Å²) < 4.78 is 5.98. The van der Waals surface area contributed by atoms with Gasteiger partial charge in [-0.1, -0.05) is 11.8 Å². The summed E-state index contributed by atoms with van der Waals surface area (Å²) in [7, 11) is 0. The minimum atomic E-state index is -0.167. The van der Waals surface area contributed by atoms with Crippen LogP contribution in [0.4, 0.5) is 16.3 Å². The summed E-state index contributed by atoms with van der Waals surface area (Å²) in [4.78, 5) is 25.0. The largest absolute Gasteiger partial charge is 0.455 e. The molecule has 2 aromatic heterocycles. The number of carbonyl (C=O) groups is 1. The Morgan fingerprint density at radius 3 is 2.70 bits per heavy atom. The molecule has 4 aromatic rings. The van der Waals surface area contributed by atoms with Crippen LogP contribution in [0.5, 0.6) is 11.5 Å². The van der Waals surface area contributed by atoms with Crippen molar-refractivity contribution in [3.05, 3.63) is 77.9 Å². The second-order valence-corrected chi connectivity index (χ2v) is 9.05. The Morgan fingerprint density at radius 2 is 1.95 bits per heavy atom. The predicted octanol–water partition coefficient (Wildman–Crippen LogP) is 5.38. The summed E-state index contributed by atoms with van der Waals surface area (Å²) in [5.74, 6) is 8.26. The molecule has 5 rings (SSSR count). The highest BCUT2D eigenvalue weighted by atomic mass is 16.5. The molecular formula is C29H28N6O2. The summed E-state index contributed by atoms with van der Waals surface area (Å²) in [6.45, 7) is 4.21. The van der Waals surface area contributed by atoms with Crippen LogP contribution in [0.1, 0.15) is 36.1 Å². The maximum Gasteiger partial charge on any atom is 0.315 e. The van der Waals surface area contributed by atoms with Gasteiger partial charge in [-0.05, 0) is 87.2 Å². The lowest BCUT2D eigenvalue weighted by atomic mass is 9.93. The summed E-state index contributed by atoms with van der Waals surface area (Å²) in [6, 6.07) is 15.6. The van der Waals surface area contributed by atoms with Gasteiger partial charge >= 0.3 is 6.03 Å². The molecule has 37 heavy (non-hydrogen) atoms. The number of pyridine rings is 1. The van der Waals surface area contributed by atoms with Gasteiger partial charge in [0.05, 0.1) is 18.3 Å². The SMILES string of the molecule is Cc1ccc(Oc2ccc(Nc3ncnc4ccc(C#CCNC(=O)NC5CCC5)cc34)cc2C)cn1. The Morgan fingerprint density at radius 1 is 1.05 bits per heavy atom. The van der Waals surface area contributed by atoms with E-state index in [4.69, 9.17) is 4.74 Å². The quantitative estimate of drug-likeness (QED) is 0.313. The molecule has 1 aliphatic carbocycles. The number of amides is 2. The van der Waals surface area contributed by atoms with Crippen molar-refractivity contribution < 1.29 is 9.53 Å². The molecular weight excluding hydrogens is 464 g/mol. The minimum absolute atomic E-state index is 0.167. The minimum Gasteiger partial charge on any atom is -0.455 e. The summed E-state index contributed by atoms with van der Waals surface area (Å²) in [6.07, 6.45) is 6.54. The first kappa shape index (κ1) is 24.1. The Balaban J connectivity index is 1.27. The van der Waals surface area contributed by atoms with Crippen LogP contribution in [-0.4, -0.2) is 33.6 Å². The Hall–Kier alpha value is -4.64. The lowest BCUT2D eigenvalue weighted by molar-refractivity contribution is 0.229. The van der Waals surface area contributed by atoms with Crippen LogP contribution in [-0.2, 0) is 0 Å². The monoisotopic (exact) mass is 492 g/mol. The number of nitrogens with zero attached hydrogens (tertiary/aromatic N) is 3. The van der Waals surface area contributed by atoms with E-state index in [1.54, 1.807) is 6.20 Å². The first-order valence-corrected chi connectivity index (χ1v) is 12.3. The van der Waals surface area contributed by atoms with Crippen LogP contribution in [0.25, 0.3) is 10.9 Å². The van der Waals surface area contributed by atoms with Gasteiger partial charge in [-0.2, -0.15) is 0 Å². The molecule has 0 radical (unpaired) electrons. The average Bonchev–Trinajstić information content (AvgIpc) is 2.87. The first-order valence-electron chi connectivity index (χ1n) is 12.3. The Kier molecular flexibility index (Phi) is 7.13. The van der Waals surface area contributed by atoms with Crippen LogP contribution < -0.4 is 20.7 Å². The van der Waals surface area contributed by atoms with Crippen molar-refractivity contribution in [2.24, 2.45) is 0 Å². The molecule has 1 aliphatic rings. The van der Waals surface area contributed by atoms with E-state index in [0.717, 1.165) is 52.0 Å². The van der Waals surface area contributed by atoms with Crippen LogP contribution in [0.2, 0.25) is 0 Å². The standard InChI is InChI=1S/C29H28N6O2/c1-19-15-23(10-13-27(19)37-24-11-8-20(2)31-17-24)34-28-25-16-21(9-12-26(25)32-18-33-28)5-4-14-30-29(36)35-22-6-3-7-22/h8-13,15-18,22H,3,6-7,14H2,1-2H3,(H2,30,35,36)(H,32,33,34). The fourth-order valence-electron chi connectivity index (χ4n) is 3.91. The zero-order valence-electron chi connectivity index (χ0n) is 20.8. The Bertz CT molecular complexity index is 1490. The van der Waals surface area contributed by atoms with Gasteiger partial charge in [0.15, 0.2) is 0 Å². The van der Waals surface area contributed by atoms with E-state index in [2.05, 4.69) is 42.7 Å². The van der Waals surface area contributed by atoms with Gasteiger partial charge < -0.3 is 20.7 Å². The van der Waals surface area contributed by atoms with Gasteiger partial charge in [0.25, 0.3) is 0 Å². The van der Waals surface area contributed by atoms with Crippen molar-refractivity contribution in [3.8, 4) is 23.3 Å². The first-order chi connectivity index (χ1) is 18.0. The van der Waals surface area contributed by atoms with E-state index in [1.165, 1.54) is 12.7 Å². The second-order valence-electron chi connectivity index (χ2n) is 9.05. The molecule has 8 heteroatoms. The zero-order chi connectivity index (χ0) is 25.6. The van der Waals surface area contributed by atoms with E-state index in [9.17, 15) is 4.79 Å². The summed E-state index contributed by atoms with van der Waals surface area (Å²) in [5.41, 5.74) is 4.43. The Labute approximate surface area is 215 Å². The van der Waals surface area contributed by atoms with Crippen molar-refractivity contribution in [1.82, 2.24) is 25.6 Å². The van der Waals surface area contributed by atoms with Crippen molar-refractivity contribution in [2.75, 3.05) is 11.9 Å². The van der Waals surface area contributed by atoms with Crippen molar-refractivity contribution in [2.45, 2.75) is 39.2 Å². The molecule has 8 nitrogen and oxygen atoms in total. The number of nitrogens with one attached hydrogen (secondary N) is 3. The number of hydrogen-bond acceptors (Lipinski definition) is 6. The summed E-state index contributed by atoms with van der Waals surface area (Å²) in [5, 5.41) is 9.97. The maximum atomic E-state index is 11.9. The fourth-order valence-corrected chi connectivity index (χ4v) is 3.91. The normalized spacial score (nSPS) is 12.7. The second kappa shape index (κ2) is 11.0. The fraction of sp³-hybridized carbons (Fsp3) is 0.241. The molecule has 186 valence electrons. The third-order valence-corrected chi connectivity index (χ3v) is 6.20. The van der Waals surface area contributed by atoms with Crippen LogP contribution in [0.15, 0.2) is 61.1 Å². The summed E-state index contributed by atoms with van der Waals surface area (Å²) >= 11 is 0. The highest BCUT2D eigenvalue weighted by Crippen LogP contribution is 2.30. The molecule has 1 fully saturated rings. The van der Waals surface area contributed by atoms with Crippen molar-refractivity contribution >= 4 is 28.4 Å². The number of benzene rings is 2. The molecule has 1 saturated carbocycles. The lowest BCUT2D eigenvalue weighted by Gasteiger charge is -2.26. The maximum absolute atomic E-state index is 11.9. The van der Waals surface area contributed by atoms with Crippen LogP contribution >= 0.6 is 0 Å². The van der Waals surface area contributed by atoms with Crippen LogP contribution in [0.3, 0.4) is 0 Å². The lowest BCUT2D eigenvalue weighted by Crippen LogP contribution is -2.45. The van der Waals surface area contributed by atoms with E-state index < -0.39 is 0 Å². The van der Waals surface area contributed by atoms with Crippen LogP contribution in [0, 0.1) is 25.7 Å². The van der Waals surface area contributed by atoms with Gasteiger partial charge in [-0.3, -0.25) is 4.98 Å². The third-order valence-electron chi connectivity index (χ3n) is 6.20. The molecule has 3 N–H and O–H groups in total. The number of ether oxygens (including phenoxy) is 1. The smallest absolute Gasteiger partial charge is 0.315 e. The molecule has 0 saturated heterocycles. The molecule has 2 amide bonds. The highest BCUT2D eigenvalue weighted by Gasteiger charge is 2.18. The van der Waals surface area contributed by atoms with Gasteiger partial charge in [0, 0.05) is 28.4 Å². The van der Waals surface area contributed by atoms with E-state index in [1.807, 2.05) is 62.4 Å². The molecule has 2 aromatic carbocycles. The topological polar surface area (TPSA) is 101 Å². The molecule has 0 bridgehead atoms. The van der Waals surface area contributed by atoms with Gasteiger partial charge in [0.1, 0.15) is 23.6 Å². The van der Waals surface area contributed by atoms with Gasteiger partial charge in [-0.15, -0.1) is 0 Å². The zero-order valence-corrected chi connectivity index (χ0v) is 20.8. The molecule has 0 atom stereocenters. The van der Waals surface area contributed by atoms with Crippen molar-refractivity contribution in [3.63, 3.8) is 0 Å². The van der Waals surface area contributed by atoms with Gasteiger partial charge in [-0.25, -0.2) is 14.8 Å². The molecule has 0 aliphatic heterocycles. The molecule has 2 heterocycles. The van der Waals surface area contributed by atoms with E-state index in [-0.39, 0.29) is 12.6 Å². The third kappa shape index (κ3) is 6.14. The number of rotatable bonds is 6. The number of hydrogen-bond donors (Lipinski definition) is 3. The van der Waals surface area contributed by atoms with Gasteiger partial charge in [0.2, 0.25) is 0 Å². The highest BCUT2D eigenvalue weighted by molar-refractivity contribution is 5.91. The van der Waals surface area contributed by atoms with E-state index in [0.29, 0.717) is 17.6 Å². The number of urea groups is 1. The number of aryl methyl sites for hydroxylation is 2. The van der Waals surface area contributed by atoms with E-state index >= 15 is 0 Å².